The molecule has 3 aromatic carbocycles. The monoisotopic (exact) mass is 465 g/mol. The lowest BCUT2D eigenvalue weighted by molar-refractivity contribution is 0.203. The molecule has 0 aliphatic carbocycles. The lowest BCUT2D eigenvalue weighted by atomic mass is 9.88. The molecule has 0 saturated heterocycles. The smallest absolute Gasteiger partial charge is 0.407 e. The number of allylic oxidation sites excluding steroid dienone is 1. The Morgan fingerprint density at radius 3 is 1.82 bits per heavy atom. The van der Waals surface area contributed by atoms with Crippen molar-refractivity contribution in [3.8, 4) is 5.75 Å². The first-order valence-electron chi connectivity index (χ1n) is 11.0. The average molecular weight is 466 g/mol. The molecular formula is C27H32NO4P. The standard InChI is InChI=1S/C27H32NO4P/c1-5-26(22-12-8-6-9-13-22)27(23-14-10-7-11-15-23)24-16-18-25(19-17-24)32-21-20-28(2)33(29,30-3)31-4/h6-19H,5,20-21H2,1-4H3. The van der Waals surface area contributed by atoms with Crippen molar-refractivity contribution in [1.82, 2.24) is 4.67 Å². The molecule has 0 spiro atoms. The molecule has 6 heteroatoms. The Labute approximate surface area is 197 Å². The minimum Gasteiger partial charge on any atom is -0.492 e. The Bertz CT molecular complexity index is 1070. The summed E-state index contributed by atoms with van der Waals surface area (Å²) >= 11 is 0. The molecule has 0 atom stereocenters. The van der Waals surface area contributed by atoms with Crippen molar-refractivity contribution in [2.45, 2.75) is 13.3 Å². The van der Waals surface area contributed by atoms with Crippen molar-refractivity contribution in [2.75, 3.05) is 34.4 Å². The molecule has 0 aromatic heterocycles. The van der Waals surface area contributed by atoms with E-state index in [0.717, 1.165) is 17.7 Å². The second kappa shape index (κ2) is 12.0. The molecule has 0 radical (unpaired) electrons. The third-order valence-electron chi connectivity index (χ3n) is 5.55. The van der Waals surface area contributed by atoms with Gasteiger partial charge in [-0.2, -0.15) is 0 Å². The number of ether oxygens (including phenoxy) is 1. The molecule has 0 amide bonds. The Morgan fingerprint density at radius 1 is 0.788 bits per heavy atom. The topological polar surface area (TPSA) is 48.0 Å². The van der Waals surface area contributed by atoms with Crippen LogP contribution in [-0.4, -0.2) is 39.1 Å². The molecule has 5 nitrogen and oxygen atoms in total. The number of likely N-dealkylation sites (N-methyl/N-ethyl adjacent to an activating group) is 1. The van der Waals surface area contributed by atoms with E-state index < -0.39 is 7.75 Å². The summed E-state index contributed by atoms with van der Waals surface area (Å²) in [4.78, 5) is 0. The van der Waals surface area contributed by atoms with E-state index in [4.69, 9.17) is 13.8 Å². The van der Waals surface area contributed by atoms with Crippen molar-refractivity contribution < 1.29 is 18.3 Å². The molecular weight excluding hydrogens is 433 g/mol. The van der Waals surface area contributed by atoms with Gasteiger partial charge in [0, 0.05) is 20.8 Å². The zero-order valence-electron chi connectivity index (χ0n) is 19.7. The minimum atomic E-state index is -3.25. The normalized spacial score (nSPS) is 12.5. The van der Waals surface area contributed by atoms with Crippen LogP contribution >= 0.6 is 7.75 Å². The highest BCUT2D eigenvalue weighted by molar-refractivity contribution is 7.51. The molecule has 0 unspecified atom stereocenters. The van der Waals surface area contributed by atoms with Gasteiger partial charge in [0.2, 0.25) is 0 Å². The van der Waals surface area contributed by atoms with Gasteiger partial charge >= 0.3 is 7.75 Å². The first-order chi connectivity index (χ1) is 16.0. The van der Waals surface area contributed by atoms with Crippen LogP contribution in [0.5, 0.6) is 5.75 Å². The van der Waals surface area contributed by atoms with E-state index in [1.165, 1.54) is 41.2 Å². The van der Waals surface area contributed by atoms with Crippen LogP contribution in [0.3, 0.4) is 0 Å². The summed E-state index contributed by atoms with van der Waals surface area (Å²) in [7, 11) is 1.19. The second-order valence-electron chi connectivity index (χ2n) is 7.53. The summed E-state index contributed by atoms with van der Waals surface area (Å²) in [5.74, 6) is 0.752. The Balaban J connectivity index is 1.84. The lowest BCUT2D eigenvalue weighted by Crippen LogP contribution is -2.23. The Kier molecular flexibility index (Phi) is 9.04. The predicted molar refractivity (Wildman–Crippen MR) is 135 cm³/mol. The highest BCUT2D eigenvalue weighted by atomic mass is 31.2. The van der Waals surface area contributed by atoms with E-state index in [-0.39, 0.29) is 0 Å². The first kappa shape index (κ1) is 24.9. The van der Waals surface area contributed by atoms with Gasteiger partial charge in [-0.3, -0.25) is 9.05 Å². The van der Waals surface area contributed by atoms with E-state index in [2.05, 4.69) is 67.6 Å². The van der Waals surface area contributed by atoms with Crippen LogP contribution in [0.15, 0.2) is 84.9 Å². The van der Waals surface area contributed by atoms with Crippen LogP contribution in [0.4, 0.5) is 0 Å². The number of nitrogens with zero attached hydrogens (tertiary/aromatic N) is 1. The largest absolute Gasteiger partial charge is 0.492 e. The van der Waals surface area contributed by atoms with Gasteiger partial charge in [-0.05, 0) is 53.4 Å². The molecule has 0 saturated carbocycles. The third kappa shape index (κ3) is 6.21. The maximum Gasteiger partial charge on any atom is 0.407 e. The van der Waals surface area contributed by atoms with Gasteiger partial charge in [0.15, 0.2) is 0 Å². The summed E-state index contributed by atoms with van der Waals surface area (Å²) < 4.78 is 29.8. The summed E-state index contributed by atoms with van der Waals surface area (Å²) in [6.07, 6.45) is 0.915. The number of hydrogen-bond acceptors (Lipinski definition) is 4. The Hall–Kier alpha value is -2.69. The number of rotatable bonds is 11. The average Bonchev–Trinajstić information content (AvgIpc) is 2.88. The minimum absolute atomic E-state index is 0.359. The molecule has 174 valence electrons. The van der Waals surface area contributed by atoms with Gasteiger partial charge in [-0.15, -0.1) is 0 Å². The molecule has 0 N–H and O–H groups in total. The molecule has 0 fully saturated rings. The third-order valence-corrected chi connectivity index (χ3v) is 7.51. The van der Waals surface area contributed by atoms with E-state index in [1.807, 2.05) is 24.3 Å². The van der Waals surface area contributed by atoms with Crippen LogP contribution in [0.25, 0.3) is 11.1 Å². The van der Waals surface area contributed by atoms with E-state index in [9.17, 15) is 4.57 Å². The maximum absolute atomic E-state index is 12.4. The fourth-order valence-electron chi connectivity index (χ4n) is 3.77. The first-order valence-corrected chi connectivity index (χ1v) is 12.5. The van der Waals surface area contributed by atoms with Crippen LogP contribution in [0.2, 0.25) is 0 Å². The molecule has 3 rings (SSSR count). The lowest BCUT2D eigenvalue weighted by Gasteiger charge is -2.24. The van der Waals surface area contributed by atoms with Crippen molar-refractivity contribution in [1.29, 1.82) is 0 Å². The maximum atomic E-state index is 12.4. The number of benzene rings is 3. The number of hydrogen-bond donors (Lipinski definition) is 0. The molecule has 33 heavy (non-hydrogen) atoms. The predicted octanol–water partition coefficient (Wildman–Crippen LogP) is 6.77. The van der Waals surface area contributed by atoms with Crippen molar-refractivity contribution in [2.24, 2.45) is 0 Å². The van der Waals surface area contributed by atoms with Crippen LogP contribution in [-0.2, 0) is 13.6 Å². The van der Waals surface area contributed by atoms with Gasteiger partial charge < -0.3 is 4.74 Å². The quantitative estimate of drug-likeness (QED) is 0.231. The summed E-state index contributed by atoms with van der Waals surface area (Å²) in [5, 5.41) is 0. The van der Waals surface area contributed by atoms with Gasteiger partial charge in [0.1, 0.15) is 12.4 Å². The van der Waals surface area contributed by atoms with E-state index in [1.54, 1.807) is 7.05 Å². The zero-order valence-corrected chi connectivity index (χ0v) is 20.6. The summed E-state index contributed by atoms with van der Waals surface area (Å²) in [6, 6.07) is 29.1. The van der Waals surface area contributed by atoms with E-state index in [0.29, 0.717) is 13.2 Å². The molecule has 0 aliphatic rings. The van der Waals surface area contributed by atoms with Gasteiger partial charge in [-0.1, -0.05) is 79.7 Å². The van der Waals surface area contributed by atoms with Crippen LogP contribution in [0.1, 0.15) is 30.0 Å². The summed E-state index contributed by atoms with van der Waals surface area (Å²) in [5.41, 5.74) is 6.06. The molecule has 0 bridgehead atoms. The highest BCUT2D eigenvalue weighted by Crippen LogP contribution is 2.48. The van der Waals surface area contributed by atoms with Crippen LogP contribution < -0.4 is 4.74 Å². The fourth-order valence-corrected chi connectivity index (χ4v) is 4.81. The second-order valence-corrected chi connectivity index (χ2v) is 9.88. The fraction of sp³-hybridized carbons (Fsp3) is 0.259. The van der Waals surface area contributed by atoms with Crippen molar-refractivity contribution in [3.05, 3.63) is 102 Å². The SMILES string of the molecule is CCC(=C(c1ccccc1)c1ccc(OCCN(C)P(=O)(OC)OC)cc1)c1ccccc1. The molecule has 3 aromatic rings. The van der Waals surface area contributed by atoms with E-state index >= 15 is 0 Å². The van der Waals surface area contributed by atoms with Gasteiger partial charge in [-0.25, -0.2) is 9.24 Å². The molecule has 0 heterocycles. The van der Waals surface area contributed by atoms with Crippen LogP contribution in [0, 0.1) is 0 Å². The van der Waals surface area contributed by atoms with Gasteiger partial charge in [0.25, 0.3) is 0 Å². The molecule has 0 aliphatic heterocycles. The van der Waals surface area contributed by atoms with Crippen molar-refractivity contribution >= 4 is 18.9 Å². The summed E-state index contributed by atoms with van der Waals surface area (Å²) in [6.45, 7) is 2.96. The van der Waals surface area contributed by atoms with Crippen molar-refractivity contribution in [3.63, 3.8) is 0 Å². The Morgan fingerprint density at radius 2 is 1.30 bits per heavy atom. The highest BCUT2D eigenvalue weighted by Gasteiger charge is 2.27. The zero-order chi connectivity index (χ0) is 23.7. The van der Waals surface area contributed by atoms with Gasteiger partial charge in [0.05, 0.1) is 0 Å².